The Morgan fingerprint density at radius 1 is 1.30 bits per heavy atom. The van der Waals surface area contributed by atoms with Crippen molar-refractivity contribution in [2.75, 3.05) is 6.54 Å². The second-order valence-electron chi connectivity index (χ2n) is 5.13. The number of ether oxygens (including phenoxy) is 1. The molecule has 23 heavy (non-hydrogen) atoms. The zero-order valence-electron chi connectivity index (χ0n) is 12.9. The van der Waals surface area contributed by atoms with Gasteiger partial charge < -0.3 is 15.2 Å². The van der Waals surface area contributed by atoms with Crippen LogP contribution in [0.1, 0.15) is 30.8 Å². The Kier molecular flexibility index (Phi) is 5.70. The molecule has 2 aromatic rings. The fourth-order valence-electron chi connectivity index (χ4n) is 1.83. The van der Waals surface area contributed by atoms with Gasteiger partial charge in [0.25, 0.3) is 5.91 Å². The first-order valence-corrected chi connectivity index (χ1v) is 8.06. The van der Waals surface area contributed by atoms with Crippen molar-refractivity contribution in [1.82, 2.24) is 10.3 Å². The van der Waals surface area contributed by atoms with Crippen LogP contribution in [0.4, 0.5) is 0 Å². The van der Waals surface area contributed by atoms with Gasteiger partial charge in [-0.3, -0.25) is 9.59 Å². The van der Waals surface area contributed by atoms with Crippen molar-refractivity contribution < 1.29 is 19.4 Å². The molecule has 2 rings (SSSR count). The van der Waals surface area contributed by atoms with E-state index < -0.39 is 5.97 Å². The fraction of sp³-hybridized carbons (Fsp3) is 0.312. The molecular weight excluding hydrogens is 316 g/mol. The van der Waals surface area contributed by atoms with Gasteiger partial charge in [0.05, 0.1) is 12.5 Å². The highest BCUT2D eigenvalue weighted by Crippen LogP contribution is 2.26. The number of carboxylic acids is 1. The van der Waals surface area contributed by atoms with E-state index in [4.69, 9.17) is 9.84 Å². The van der Waals surface area contributed by atoms with Gasteiger partial charge in [-0.2, -0.15) is 0 Å². The van der Waals surface area contributed by atoms with Gasteiger partial charge in [-0.15, -0.1) is 11.3 Å². The molecule has 0 bridgehead atoms. The zero-order chi connectivity index (χ0) is 16.8. The van der Waals surface area contributed by atoms with Crippen molar-refractivity contribution in [2.24, 2.45) is 0 Å². The lowest BCUT2D eigenvalue weighted by molar-refractivity contribution is -0.136. The number of nitrogens with zero attached hydrogens (tertiary/aromatic N) is 1. The van der Waals surface area contributed by atoms with Crippen LogP contribution in [0.3, 0.4) is 0 Å². The SMILES string of the molecule is CC(C)Oc1ccc(-c2nc(C(=O)NCCC(=O)O)cs2)cc1. The maximum absolute atomic E-state index is 11.9. The fourth-order valence-corrected chi connectivity index (χ4v) is 2.64. The first-order valence-electron chi connectivity index (χ1n) is 7.18. The summed E-state index contributed by atoms with van der Waals surface area (Å²) in [5.74, 6) is -0.534. The monoisotopic (exact) mass is 334 g/mol. The van der Waals surface area contributed by atoms with E-state index in [1.165, 1.54) is 11.3 Å². The van der Waals surface area contributed by atoms with E-state index in [1.54, 1.807) is 5.38 Å². The molecule has 1 aromatic heterocycles. The van der Waals surface area contributed by atoms with Crippen molar-refractivity contribution in [2.45, 2.75) is 26.4 Å². The number of rotatable bonds is 7. The average Bonchev–Trinajstić information content (AvgIpc) is 2.97. The lowest BCUT2D eigenvalue weighted by Crippen LogP contribution is -2.26. The summed E-state index contributed by atoms with van der Waals surface area (Å²) < 4.78 is 5.58. The first kappa shape index (κ1) is 17.0. The maximum Gasteiger partial charge on any atom is 0.305 e. The Hall–Kier alpha value is -2.41. The van der Waals surface area contributed by atoms with Crippen LogP contribution in [0.2, 0.25) is 0 Å². The third-order valence-corrected chi connectivity index (χ3v) is 3.73. The smallest absolute Gasteiger partial charge is 0.305 e. The van der Waals surface area contributed by atoms with Crippen LogP contribution in [0.15, 0.2) is 29.6 Å². The number of carboxylic acid groups (broad SMARTS) is 1. The molecular formula is C16H18N2O4S. The average molecular weight is 334 g/mol. The van der Waals surface area contributed by atoms with Crippen LogP contribution in [-0.4, -0.2) is 34.6 Å². The van der Waals surface area contributed by atoms with Crippen LogP contribution in [0.5, 0.6) is 5.75 Å². The predicted molar refractivity (Wildman–Crippen MR) is 87.9 cm³/mol. The van der Waals surface area contributed by atoms with Crippen molar-refractivity contribution >= 4 is 23.2 Å². The van der Waals surface area contributed by atoms with Crippen LogP contribution >= 0.6 is 11.3 Å². The lowest BCUT2D eigenvalue weighted by atomic mass is 10.2. The number of nitrogens with one attached hydrogen (secondary N) is 1. The Balaban J connectivity index is 2.01. The summed E-state index contributed by atoms with van der Waals surface area (Å²) in [7, 11) is 0. The van der Waals surface area contributed by atoms with Gasteiger partial charge in [-0.25, -0.2) is 4.98 Å². The van der Waals surface area contributed by atoms with Crippen molar-refractivity contribution in [3.8, 4) is 16.3 Å². The van der Waals surface area contributed by atoms with Crippen LogP contribution < -0.4 is 10.1 Å². The van der Waals surface area contributed by atoms with Gasteiger partial charge in [0.2, 0.25) is 0 Å². The summed E-state index contributed by atoms with van der Waals surface area (Å²) in [4.78, 5) is 26.6. The summed E-state index contributed by atoms with van der Waals surface area (Å²) in [5, 5.41) is 13.5. The van der Waals surface area contributed by atoms with Gasteiger partial charge in [0, 0.05) is 17.5 Å². The summed E-state index contributed by atoms with van der Waals surface area (Å²) >= 11 is 1.36. The number of hydrogen-bond acceptors (Lipinski definition) is 5. The number of carbonyl (C=O) groups is 2. The normalized spacial score (nSPS) is 10.6. The number of amides is 1. The molecule has 0 spiro atoms. The van der Waals surface area contributed by atoms with Gasteiger partial charge >= 0.3 is 5.97 Å². The third-order valence-electron chi connectivity index (χ3n) is 2.83. The summed E-state index contributed by atoms with van der Waals surface area (Å²) in [6.45, 7) is 4.01. The number of hydrogen-bond donors (Lipinski definition) is 2. The molecule has 2 N–H and O–H groups in total. The highest BCUT2D eigenvalue weighted by molar-refractivity contribution is 7.13. The number of aromatic nitrogens is 1. The molecule has 0 aliphatic heterocycles. The molecule has 0 radical (unpaired) electrons. The molecule has 122 valence electrons. The molecule has 0 saturated carbocycles. The predicted octanol–water partition coefficient (Wildman–Crippen LogP) is 2.80. The number of thiazole rings is 1. The highest BCUT2D eigenvalue weighted by atomic mass is 32.1. The molecule has 7 heteroatoms. The Bertz CT molecular complexity index is 680. The Labute approximate surface area is 138 Å². The largest absolute Gasteiger partial charge is 0.491 e. The van der Waals surface area contributed by atoms with Crippen molar-refractivity contribution in [3.05, 3.63) is 35.3 Å². The van der Waals surface area contributed by atoms with Crippen molar-refractivity contribution in [3.63, 3.8) is 0 Å². The van der Waals surface area contributed by atoms with E-state index in [1.807, 2.05) is 38.1 Å². The minimum absolute atomic E-state index is 0.0856. The topological polar surface area (TPSA) is 88.5 Å². The Morgan fingerprint density at radius 2 is 2.00 bits per heavy atom. The van der Waals surface area contributed by atoms with Crippen LogP contribution in [0, 0.1) is 0 Å². The first-order chi connectivity index (χ1) is 11.0. The standard InChI is InChI=1S/C16H18N2O4S/c1-10(2)22-12-5-3-11(4-6-12)16-18-13(9-23-16)15(21)17-8-7-14(19)20/h3-6,9-10H,7-8H2,1-2H3,(H,17,21)(H,19,20). The third kappa shape index (κ3) is 5.07. The summed E-state index contributed by atoms with van der Waals surface area (Å²) in [6, 6.07) is 7.51. The Morgan fingerprint density at radius 3 is 2.61 bits per heavy atom. The number of carbonyl (C=O) groups excluding carboxylic acids is 1. The molecule has 1 aromatic carbocycles. The minimum Gasteiger partial charge on any atom is -0.491 e. The highest BCUT2D eigenvalue weighted by Gasteiger charge is 2.12. The molecule has 1 heterocycles. The maximum atomic E-state index is 11.9. The van der Waals surface area contributed by atoms with Gasteiger partial charge in [-0.05, 0) is 38.1 Å². The van der Waals surface area contributed by atoms with Crippen molar-refractivity contribution in [1.29, 1.82) is 0 Å². The molecule has 0 fully saturated rings. The molecule has 0 aliphatic carbocycles. The van der Waals surface area contributed by atoms with E-state index in [-0.39, 0.29) is 30.7 Å². The van der Waals surface area contributed by atoms with Gasteiger partial charge in [-0.1, -0.05) is 0 Å². The van der Waals surface area contributed by atoms with E-state index in [9.17, 15) is 9.59 Å². The van der Waals surface area contributed by atoms with E-state index >= 15 is 0 Å². The summed E-state index contributed by atoms with van der Waals surface area (Å²) in [5.41, 5.74) is 1.19. The molecule has 1 amide bonds. The van der Waals surface area contributed by atoms with Gasteiger partial charge in [0.15, 0.2) is 0 Å². The van der Waals surface area contributed by atoms with Gasteiger partial charge in [0.1, 0.15) is 16.5 Å². The van der Waals surface area contributed by atoms with E-state index in [0.29, 0.717) is 0 Å². The molecule has 0 aliphatic rings. The van der Waals surface area contributed by atoms with Crippen LogP contribution in [0.25, 0.3) is 10.6 Å². The molecule has 6 nitrogen and oxygen atoms in total. The number of benzene rings is 1. The lowest BCUT2D eigenvalue weighted by Gasteiger charge is -2.09. The van der Waals surface area contributed by atoms with E-state index in [0.717, 1.165) is 16.3 Å². The molecule has 0 atom stereocenters. The summed E-state index contributed by atoms with van der Waals surface area (Å²) in [6.07, 6.45) is 0.00173. The minimum atomic E-state index is -0.951. The second kappa shape index (κ2) is 7.73. The molecule has 0 saturated heterocycles. The van der Waals surface area contributed by atoms with Crippen LogP contribution in [-0.2, 0) is 4.79 Å². The van der Waals surface area contributed by atoms with E-state index in [2.05, 4.69) is 10.3 Å². The zero-order valence-corrected chi connectivity index (χ0v) is 13.7. The second-order valence-corrected chi connectivity index (χ2v) is 5.99. The quantitative estimate of drug-likeness (QED) is 0.813. The number of aliphatic carboxylic acids is 1. The molecule has 0 unspecified atom stereocenters.